The Balaban J connectivity index is 1.91. The average Bonchev–Trinajstić information content (AvgIpc) is 3.02. The van der Waals surface area contributed by atoms with Crippen LogP contribution in [0.4, 0.5) is 15.2 Å². The fourth-order valence-corrected chi connectivity index (χ4v) is 3.47. The van der Waals surface area contributed by atoms with Crippen LogP contribution in [0.2, 0.25) is 0 Å². The van der Waals surface area contributed by atoms with Crippen LogP contribution < -0.4 is 5.32 Å². The number of hydrogen-bond donors (Lipinski definition) is 1. The van der Waals surface area contributed by atoms with Crippen molar-refractivity contribution in [2.75, 3.05) is 24.2 Å². The summed E-state index contributed by atoms with van der Waals surface area (Å²) in [5.74, 6) is -0.143. The fourth-order valence-electron chi connectivity index (χ4n) is 1.80. The van der Waals surface area contributed by atoms with Crippen LogP contribution in [-0.4, -0.2) is 39.8 Å². The lowest BCUT2D eigenvalue weighted by Gasteiger charge is -2.18. The lowest BCUT2D eigenvalue weighted by molar-refractivity contribution is -0.127. The molecule has 0 atom stereocenters. The number of amides is 1. The van der Waals surface area contributed by atoms with Gasteiger partial charge in [0.25, 0.3) is 0 Å². The first-order chi connectivity index (χ1) is 11.6. The highest BCUT2D eigenvalue weighted by Gasteiger charge is 2.13. The molecule has 0 bridgehead atoms. The molecule has 0 radical (unpaired) electrons. The van der Waals surface area contributed by atoms with Crippen molar-refractivity contribution in [2.24, 2.45) is 0 Å². The summed E-state index contributed by atoms with van der Waals surface area (Å²) in [7, 11) is 0. The highest BCUT2D eigenvalue weighted by Crippen LogP contribution is 2.28. The number of aromatic nitrogens is 2. The molecule has 0 saturated heterocycles. The summed E-state index contributed by atoms with van der Waals surface area (Å²) < 4.78 is 14.2. The third-order valence-corrected chi connectivity index (χ3v) is 4.85. The zero-order valence-corrected chi connectivity index (χ0v) is 14.6. The number of anilines is 2. The Morgan fingerprint density at radius 1 is 1.29 bits per heavy atom. The Morgan fingerprint density at radius 2 is 2.00 bits per heavy atom. The van der Waals surface area contributed by atoms with Crippen LogP contribution in [0, 0.1) is 5.82 Å². The Morgan fingerprint density at radius 3 is 2.67 bits per heavy atom. The minimum Gasteiger partial charge on any atom is -0.335 e. The average molecular weight is 364 g/mol. The van der Waals surface area contributed by atoms with E-state index in [0.717, 1.165) is 0 Å². The summed E-state index contributed by atoms with van der Waals surface area (Å²) in [5.41, 5.74) is 0.337. The van der Waals surface area contributed by atoms with Gasteiger partial charge in [-0.1, -0.05) is 47.4 Å². The monoisotopic (exact) mass is 364 g/mol. The van der Waals surface area contributed by atoms with Crippen LogP contribution in [0.15, 0.2) is 53.9 Å². The second-order valence-electron chi connectivity index (χ2n) is 4.64. The highest BCUT2D eigenvalue weighted by atomic mass is 32.2. The van der Waals surface area contributed by atoms with Crippen molar-refractivity contribution in [2.45, 2.75) is 4.34 Å². The molecule has 24 heavy (non-hydrogen) atoms. The van der Waals surface area contributed by atoms with Crippen molar-refractivity contribution in [1.82, 2.24) is 15.1 Å². The van der Waals surface area contributed by atoms with Crippen LogP contribution in [-0.2, 0) is 4.79 Å². The van der Waals surface area contributed by atoms with Gasteiger partial charge >= 0.3 is 0 Å². The molecular formula is C16H17FN4OS2. The summed E-state index contributed by atoms with van der Waals surface area (Å²) in [6.45, 7) is 8.23. The van der Waals surface area contributed by atoms with E-state index in [-0.39, 0.29) is 17.5 Å². The molecule has 0 aliphatic carbocycles. The zero-order chi connectivity index (χ0) is 17.4. The van der Waals surface area contributed by atoms with Crippen LogP contribution in [0.1, 0.15) is 0 Å². The lowest BCUT2D eigenvalue weighted by Crippen LogP contribution is -2.32. The first kappa shape index (κ1) is 18.2. The van der Waals surface area contributed by atoms with E-state index in [2.05, 4.69) is 28.7 Å². The van der Waals surface area contributed by atoms with E-state index in [1.807, 2.05) is 0 Å². The Labute approximate surface area is 148 Å². The molecule has 0 aliphatic rings. The second-order valence-corrected chi connectivity index (χ2v) is 6.84. The number of carbonyl (C=O) groups excluding carboxylic acids is 1. The third kappa shape index (κ3) is 5.17. The van der Waals surface area contributed by atoms with Gasteiger partial charge in [-0.2, -0.15) is 0 Å². The molecule has 0 unspecified atom stereocenters. The summed E-state index contributed by atoms with van der Waals surface area (Å²) in [4.78, 5) is 13.8. The maximum Gasteiger partial charge on any atom is 0.233 e. The number of hydrogen-bond acceptors (Lipinski definition) is 6. The number of rotatable bonds is 9. The quantitative estimate of drug-likeness (QED) is 0.543. The summed E-state index contributed by atoms with van der Waals surface area (Å²) in [5, 5.41) is 11.3. The third-order valence-electron chi connectivity index (χ3n) is 2.89. The van der Waals surface area contributed by atoms with E-state index in [4.69, 9.17) is 0 Å². The molecule has 1 amide bonds. The zero-order valence-electron chi connectivity index (χ0n) is 12.9. The summed E-state index contributed by atoms with van der Waals surface area (Å²) in [6, 6.07) is 6.33. The van der Waals surface area contributed by atoms with E-state index in [9.17, 15) is 9.18 Å². The van der Waals surface area contributed by atoms with E-state index in [1.54, 1.807) is 35.3 Å². The number of para-hydroxylation sites is 1. The van der Waals surface area contributed by atoms with E-state index >= 15 is 0 Å². The molecule has 1 N–H and O–H groups in total. The molecule has 1 aromatic heterocycles. The van der Waals surface area contributed by atoms with Crippen LogP contribution in [0.5, 0.6) is 0 Å². The Bertz CT molecular complexity index is 710. The molecule has 2 aromatic rings. The van der Waals surface area contributed by atoms with Crippen molar-refractivity contribution in [3.63, 3.8) is 0 Å². The molecule has 1 heterocycles. The number of carbonyl (C=O) groups is 1. The summed E-state index contributed by atoms with van der Waals surface area (Å²) in [6.07, 6.45) is 3.35. The number of nitrogens with zero attached hydrogens (tertiary/aromatic N) is 3. The van der Waals surface area contributed by atoms with Gasteiger partial charge < -0.3 is 10.2 Å². The SMILES string of the molecule is C=CCN(CC=C)C(=O)CSc1nnc(Nc2ccccc2F)s1. The van der Waals surface area contributed by atoms with Crippen molar-refractivity contribution >= 4 is 39.8 Å². The van der Waals surface area contributed by atoms with Gasteiger partial charge in [-0.15, -0.1) is 23.4 Å². The van der Waals surface area contributed by atoms with Gasteiger partial charge in [0, 0.05) is 13.1 Å². The number of halogens is 1. The van der Waals surface area contributed by atoms with Crippen LogP contribution in [0.3, 0.4) is 0 Å². The van der Waals surface area contributed by atoms with E-state index in [1.165, 1.54) is 29.2 Å². The van der Waals surface area contributed by atoms with Gasteiger partial charge in [-0.05, 0) is 12.1 Å². The minimum atomic E-state index is -0.360. The maximum atomic E-state index is 13.6. The van der Waals surface area contributed by atoms with Gasteiger partial charge in [-0.3, -0.25) is 4.79 Å². The molecule has 5 nitrogen and oxygen atoms in total. The molecule has 2 rings (SSSR count). The normalized spacial score (nSPS) is 10.2. The molecule has 1 aromatic carbocycles. The molecule has 0 spiro atoms. The van der Waals surface area contributed by atoms with E-state index < -0.39 is 0 Å². The van der Waals surface area contributed by atoms with Gasteiger partial charge in [0.15, 0.2) is 4.34 Å². The van der Waals surface area contributed by atoms with Crippen LogP contribution in [0.25, 0.3) is 0 Å². The van der Waals surface area contributed by atoms with Crippen molar-refractivity contribution in [3.05, 3.63) is 55.4 Å². The molecular weight excluding hydrogens is 347 g/mol. The fraction of sp³-hybridized carbons (Fsp3) is 0.188. The topological polar surface area (TPSA) is 58.1 Å². The molecule has 0 fully saturated rings. The first-order valence-corrected chi connectivity index (χ1v) is 8.91. The van der Waals surface area contributed by atoms with Crippen molar-refractivity contribution in [3.8, 4) is 0 Å². The Kier molecular flexibility index (Phi) is 6.95. The minimum absolute atomic E-state index is 0.0291. The van der Waals surface area contributed by atoms with Gasteiger partial charge in [0.05, 0.1) is 11.4 Å². The van der Waals surface area contributed by atoms with Crippen molar-refractivity contribution < 1.29 is 9.18 Å². The Hall–Kier alpha value is -2.19. The number of nitrogens with one attached hydrogen (secondary N) is 1. The lowest BCUT2D eigenvalue weighted by atomic mass is 10.3. The van der Waals surface area contributed by atoms with Gasteiger partial charge in [0.2, 0.25) is 11.0 Å². The maximum absolute atomic E-state index is 13.6. The predicted octanol–water partition coefficient (Wildman–Crippen LogP) is 3.71. The van der Waals surface area contributed by atoms with Gasteiger partial charge in [0.1, 0.15) is 5.82 Å². The number of benzene rings is 1. The largest absolute Gasteiger partial charge is 0.335 e. The standard InChI is InChI=1S/C16H17FN4OS2/c1-3-9-21(10-4-2)14(22)11-23-16-20-19-15(24-16)18-13-8-6-5-7-12(13)17/h3-8H,1-2,9-11H2,(H,18,19). The molecule has 0 saturated carbocycles. The predicted molar refractivity (Wildman–Crippen MR) is 97.3 cm³/mol. The summed E-state index contributed by atoms with van der Waals surface area (Å²) >= 11 is 2.56. The molecule has 0 aliphatic heterocycles. The molecule has 8 heteroatoms. The smallest absolute Gasteiger partial charge is 0.233 e. The van der Waals surface area contributed by atoms with Crippen molar-refractivity contribution in [1.29, 1.82) is 0 Å². The first-order valence-electron chi connectivity index (χ1n) is 7.11. The van der Waals surface area contributed by atoms with E-state index in [0.29, 0.717) is 28.2 Å². The number of thioether (sulfide) groups is 1. The highest BCUT2D eigenvalue weighted by molar-refractivity contribution is 8.01. The molecule has 126 valence electrons. The van der Waals surface area contributed by atoms with Crippen LogP contribution >= 0.6 is 23.1 Å². The second kappa shape index (κ2) is 9.19. The van der Waals surface area contributed by atoms with Gasteiger partial charge in [-0.25, -0.2) is 4.39 Å².